The van der Waals surface area contributed by atoms with Crippen LogP contribution in [0.3, 0.4) is 0 Å². The molecular formula is C10H13ClFN3O2S. The summed E-state index contributed by atoms with van der Waals surface area (Å²) in [6.07, 6.45) is 0. The van der Waals surface area contributed by atoms with E-state index in [0.29, 0.717) is 6.54 Å². The number of nitriles is 1. The summed E-state index contributed by atoms with van der Waals surface area (Å²) in [5.74, 6) is -0.735. The molecule has 1 aromatic carbocycles. The Morgan fingerprint density at radius 3 is 2.61 bits per heavy atom. The first-order valence-electron chi connectivity index (χ1n) is 4.85. The number of benzene rings is 1. The minimum Gasteiger partial charge on any atom is -0.318 e. The van der Waals surface area contributed by atoms with Crippen LogP contribution >= 0.6 is 12.4 Å². The molecule has 0 aliphatic carbocycles. The smallest absolute Gasteiger partial charge is 0.240 e. The molecule has 18 heavy (non-hydrogen) atoms. The number of rotatable bonds is 5. The average molecular weight is 294 g/mol. The van der Waals surface area contributed by atoms with Crippen LogP contribution in [0.1, 0.15) is 5.56 Å². The van der Waals surface area contributed by atoms with E-state index in [2.05, 4.69) is 10.0 Å². The van der Waals surface area contributed by atoms with Crippen molar-refractivity contribution in [3.63, 3.8) is 0 Å². The number of likely N-dealkylation sites (N-methyl/N-ethyl adjacent to an activating group) is 1. The first kappa shape index (κ1) is 16.8. The zero-order valence-corrected chi connectivity index (χ0v) is 11.2. The van der Waals surface area contributed by atoms with Crippen molar-refractivity contribution in [2.75, 3.05) is 20.1 Å². The molecule has 0 fully saturated rings. The second-order valence-electron chi connectivity index (χ2n) is 3.25. The molecule has 2 N–H and O–H groups in total. The highest BCUT2D eigenvalue weighted by atomic mass is 35.5. The zero-order chi connectivity index (χ0) is 12.9. The van der Waals surface area contributed by atoms with Crippen molar-refractivity contribution in [2.24, 2.45) is 0 Å². The lowest BCUT2D eigenvalue weighted by molar-refractivity contribution is 0.578. The molecule has 100 valence electrons. The van der Waals surface area contributed by atoms with E-state index >= 15 is 0 Å². The number of hydrogen-bond donors (Lipinski definition) is 2. The summed E-state index contributed by atoms with van der Waals surface area (Å²) < 4.78 is 38.8. The van der Waals surface area contributed by atoms with Crippen molar-refractivity contribution in [1.29, 1.82) is 5.26 Å². The fraction of sp³-hybridized carbons (Fsp3) is 0.300. The molecule has 1 aromatic rings. The molecule has 0 aromatic heterocycles. The molecule has 0 saturated heterocycles. The molecule has 0 aliphatic rings. The normalized spacial score (nSPS) is 10.5. The first-order chi connectivity index (χ1) is 8.01. The number of halogens is 2. The summed E-state index contributed by atoms with van der Waals surface area (Å²) in [6, 6.07) is 4.69. The summed E-state index contributed by atoms with van der Waals surface area (Å²) in [6.45, 7) is 0.698. The lowest BCUT2D eigenvalue weighted by Gasteiger charge is -2.06. The van der Waals surface area contributed by atoms with Crippen molar-refractivity contribution < 1.29 is 12.8 Å². The highest BCUT2D eigenvalue weighted by molar-refractivity contribution is 7.89. The fourth-order valence-corrected chi connectivity index (χ4v) is 2.21. The van der Waals surface area contributed by atoms with Crippen molar-refractivity contribution in [3.05, 3.63) is 29.6 Å². The van der Waals surface area contributed by atoms with Crippen molar-refractivity contribution in [2.45, 2.75) is 4.90 Å². The van der Waals surface area contributed by atoms with E-state index < -0.39 is 15.8 Å². The van der Waals surface area contributed by atoms with E-state index in [4.69, 9.17) is 5.26 Å². The van der Waals surface area contributed by atoms with Gasteiger partial charge in [-0.1, -0.05) is 0 Å². The van der Waals surface area contributed by atoms with Crippen LogP contribution in [0.4, 0.5) is 4.39 Å². The summed E-state index contributed by atoms with van der Waals surface area (Å²) >= 11 is 0. The number of nitrogens with one attached hydrogen (secondary N) is 2. The Morgan fingerprint density at radius 1 is 1.39 bits per heavy atom. The van der Waals surface area contributed by atoms with E-state index in [1.807, 2.05) is 0 Å². The third kappa shape index (κ3) is 4.23. The molecule has 0 heterocycles. The molecule has 0 unspecified atom stereocenters. The molecule has 0 spiro atoms. The van der Waals surface area contributed by atoms with Gasteiger partial charge in [-0.3, -0.25) is 0 Å². The van der Waals surface area contributed by atoms with E-state index in [0.717, 1.165) is 18.2 Å². The predicted octanol–water partition coefficient (Wildman–Crippen LogP) is 0.617. The second-order valence-corrected chi connectivity index (χ2v) is 5.02. The summed E-state index contributed by atoms with van der Waals surface area (Å²) in [4.78, 5) is -0.119. The maximum absolute atomic E-state index is 13.0. The minimum absolute atomic E-state index is 0. The fourth-order valence-electron chi connectivity index (χ4n) is 1.15. The van der Waals surface area contributed by atoms with Gasteiger partial charge in [-0.2, -0.15) is 5.26 Å². The monoisotopic (exact) mass is 293 g/mol. The number of sulfonamides is 1. The lowest BCUT2D eigenvalue weighted by atomic mass is 10.2. The topological polar surface area (TPSA) is 82.0 Å². The van der Waals surface area contributed by atoms with Gasteiger partial charge in [0.1, 0.15) is 11.9 Å². The van der Waals surface area contributed by atoms with Crippen LogP contribution < -0.4 is 10.0 Å². The second kappa shape index (κ2) is 7.28. The van der Waals surface area contributed by atoms with Crippen LogP contribution in [0.2, 0.25) is 0 Å². The van der Waals surface area contributed by atoms with Crippen molar-refractivity contribution >= 4 is 22.4 Å². The molecule has 0 atom stereocenters. The van der Waals surface area contributed by atoms with Crippen LogP contribution in [-0.4, -0.2) is 28.6 Å². The number of nitrogens with zero attached hydrogens (tertiary/aromatic N) is 1. The Kier molecular flexibility index (Phi) is 6.80. The Bertz CT molecular complexity index is 543. The van der Waals surface area contributed by atoms with Crippen molar-refractivity contribution in [3.8, 4) is 6.07 Å². The van der Waals surface area contributed by atoms with E-state index in [1.54, 1.807) is 13.1 Å². The number of hydrogen-bond acceptors (Lipinski definition) is 4. The Hall–Kier alpha value is -1.20. The Balaban J connectivity index is 0.00000289. The lowest BCUT2D eigenvalue weighted by Crippen LogP contribution is -2.30. The molecule has 0 radical (unpaired) electrons. The van der Waals surface area contributed by atoms with Gasteiger partial charge >= 0.3 is 0 Å². The molecule has 0 aliphatic heterocycles. The standard InChI is InChI=1S/C10H12FN3O2S.ClH/c1-13-4-5-14-17(15,16)9-2-3-10(11)8(6-9)7-12;/h2-3,6,13-14H,4-5H2,1H3;1H. The van der Waals surface area contributed by atoms with Gasteiger partial charge in [-0.15, -0.1) is 12.4 Å². The highest BCUT2D eigenvalue weighted by Gasteiger charge is 2.15. The molecule has 0 saturated carbocycles. The molecule has 8 heteroatoms. The summed E-state index contributed by atoms with van der Waals surface area (Å²) in [5, 5.41) is 11.4. The summed E-state index contributed by atoms with van der Waals surface area (Å²) in [5.41, 5.74) is -0.290. The molecular weight excluding hydrogens is 281 g/mol. The molecule has 1 rings (SSSR count). The Labute approximate surface area is 111 Å². The van der Waals surface area contributed by atoms with E-state index in [-0.39, 0.29) is 29.4 Å². The largest absolute Gasteiger partial charge is 0.318 e. The van der Waals surface area contributed by atoms with Crippen LogP contribution in [0, 0.1) is 17.1 Å². The van der Waals surface area contributed by atoms with Gasteiger partial charge in [0.2, 0.25) is 10.0 Å². The Morgan fingerprint density at radius 2 is 2.06 bits per heavy atom. The molecule has 5 nitrogen and oxygen atoms in total. The summed E-state index contributed by atoms with van der Waals surface area (Å²) in [7, 11) is -2.00. The van der Waals surface area contributed by atoms with E-state index in [1.165, 1.54) is 0 Å². The third-order valence-corrected chi connectivity index (χ3v) is 3.49. The van der Waals surface area contributed by atoms with Crippen LogP contribution in [0.5, 0.6) is 0 Å². The quantitative estimate of drug-likeness (QED) is 0.780. The van der Waals surface area contributed by atoms with Crippen LogP contribution in [0.25, 0.3) is 0 Å². The predicted molar refractivity (Wildman–Crippen MR) is 67.5 cm³/mol. The third-order valence-electron chi connectivity index (χ3n) is 2.04. The molecule has 0 bridgehead atoms. The maximum Gasteiger partial charge on any atom is 0.240 e. The molecule has 0 amide bonds. The van der Waals surface area contributed by atoms with Gasteiger partial charge in [0.15, 0.2) is 0 Å². The average Bonchev–Trinajstić information content (AvgIpc) is 2.29. The van der Waals surface area contributed by atoms with Gasteiger partial charge in [0, 0.05) is 13.1 Å². The van der Waals surface area contributed by atoms with Crippen molar-refractivity contribution in [1.82, 2.24) is 10.0 Å². The van der Waals surface area contributed by atoms with Crippen LogP contribution in [0.15, 0.2) is 23.1 Å². The van der Waals surface area contributed by atoms with Gasteiger partial charge in [-0.05, 0) is 25.2 Å². The minimum atomic E-state index is -3.69. The zero-order valence-electron chi connectivity index (χ0n) is 9.60. The van der Waals surface area contributed by atoms with Gasteiger partial charge in [0.05, 0.1) is 10.5 Å². The SMILES string of the molecule is CNCCNS(=O)(=O)c1ccc(F)c(C#N)c1.Cl. The van der Waals surface area contributed by atoms with Gasteiger partial charge in [0.25, 0.3) is 0 Å². The highest BCUT2D eigenvalue weighted by Crippen LogP contribution is 2.13. The van der Waals surface area contributed by atoms with Gasteiger partial charge < -0.3 is 5.32 Å². The van der Waals surface area contributed by atoms with Crippen LogP contribution in [-0.2, 0) is 10.0 Å². The first-order valence-corrected chi connectivity index (χ1v) is 6.33. The van der Waals surface area contributed by atoms with E-state index in [9.17, 15) is 12.8 Å². The van der Waals surface area contributed by atoms with Gasteiger partial charge in [-0.25, -0.2) is 17.5 Å². The maximum atomic E-state index is 13.0.